The van der Waals surface area contributed by atoms with Crippen molar-refractivity contribution in [2.24, 2.45) is 4.99 Å². The molecule has 3 heterocycles. The summed E-state index contributed by atoms with van der Waals surface area (Å²) in [4.78, 5) is 8.87. The fraction of sp³-hybridized carbons (Fsp3) is 0.579. The molecule has 0 aliphatic carbocycles. The number of hydrogen-bond donors (Lipinski definition) is 2. The zero-order valence-electron chi connectivity index (χ0n) is 16.2. The van der Waals surface area contributed by atoms with Crippen molar-refractivity contribution < 1.29 is 0 Å². The topological polar surface area (TPSA) is 57.5 Å². The van der Waals surface area contributed by atoms with Crippen LogP contribution in [0.3, 0.4) is 0 Å². The Labute approximate surface area is 183 Å². The average Bonchev–Trinajstić information content (AvgIpc) is 3.38. The van der Waals surface area contributed by atoms with Crippen LogP contribution in [-0.2, 0) is 6.54 Å². The molecule has 0 saturated carbocycles. The van der Waals surface area contributed by atoms with Crippen molar-refractivity contribution in [3.63, 3.8) is 0 Å². The second kappa shape index (κ2) is 11.7. The Kier molecular flexibility index (Phi) is 9.57. The van der Waals surface area contributed by atoms with E-state index in [0.29, 0.717) is 6.04 Å². The van der Waals surface area contributed by atoms with E-state index in [4.69, 9.17) is 4.99 Å². The maximum atomic E-state index is 4.88. The van der Waals surface area contributed by atoms with Crippen LogP contribution in [0.15, 0.2) is 34.9 Å². The predicted octanol–water partition coefficient (Wildman–Crippen LogP) is 3.26. The summed E-state index contributed by atoms with van der Waals surface area (Å²) in [7, 11) is 0. The number of aliphatic imine (C=N–C) groups is 1. The molecule has 0 aromatic carbocycles. The summed E-state index contributed by atoms with van der Waals surface area (Å²) in [6.07, 6.45) is 6.55. The largest absolute Gasteiger partial charge is 0.357 e. The lowest BCUT2D eigenvalue weighted by Gasteiger charge is -2.25. The third-order valence-electron chi connectivity index (χ3n) is 4.62. The molecule has 0 spiro atoms. The van der Waals surface area contributed by atoms with Crippen molar-refractivity contribution >= 4 is 41.3 Å². The van der Waals surface area contributed by atoms with Gasteiger partial charge < -0.3 is 10.6 Å². The highest BCUT2D eigenvalue weighted by atomic mass is 127. The molecule has 1 unspecified atom stereocenters. The zero-order chi connectivity index (χ0) is 18.2. The summed E-state index contributed by atoms with van der Waals surface area (Å²) in [6, 6.07) is 4.77. The molecule has 0 amide bonds. The number of likely N-dealkylation sites (tertiary alicyclic amines) is 1. The average molecular weight is 502 g/mol. The van der Waals surface area contributed by atoms with Gasteiger partial charge in [-0.25, -0.2) is 0 Å². The fourth-order valence-corrected chi connectivity index (χ4v) is 4.17. The van der Waals surface area contributed by atoms with Gasteiger partial charge >= 0.3 is 0 Å². The van der Waals surface area contributed by atoms with E-state index in [1.807, 2.05) is 22.2 Å². The lowest BCUT2D eigenvalue weighted by atomic mass is 10.2. The highest BCUT2D eigenvalue weighted by Crippen LogP contribution is 2.28. The molecule has 150 valence electrons. The van der Waals surface area contributed by atoms with Crippen LogP contribution in [0.2, 0.25) is 0 Å². The first-order chi connectivity index (χ1) is 12.8. The Morgan fingerprint density at radius 1 is 1.33 bits per heavy atom. The van der Waals surface area contributed by atoms with Gasteiger partial charge in [0.2, 0.25) is 0 Å². The van der Waals surface area contributed by atoms with Gasteiger partial charge in [-0.3, -0.25) is 14.6 Å². The van der Waals surface area contributed by atoms with Gasteiger partial charge in [0, 0.05) is 24.2 Å². The quantitative estimate of drug-likeness (QED) is 0.331. The van der Waals surface area contributed by atoms with Crippen LogP contribution in [0.4, 0.5) is 0 Å². The van der Waals surface area contributed by atoms with E-state index in [9.17, 15) is 0 Å². The van der Waals surface area contributed by atoms with Gasteiger partial charge in [-0.15, -0.1) is 35.3 Å². The molecular weight excluding hydrogens is 471 g/mol. The van der Waals surface area contributed by atoms with Gasteiger partial charge in [0.15, 0.2) is 5.96 Å². The van der Waals surface area contributed by atoms with Crippen LogP contribution in [-0.4, -0.2) is 53.4 Å². The summed E-state index contributed by atoms with van der Waals surface area (Å²) < 4.78 is 1.96. The van der Waals surface area contributed by atoms with Crippen molar-refractivity contribution in [3.05, 3.63) is 40.3 Å². The van der Waals surface area contributed by atoms with Crippen LogP contribution in [0.1, 0.15) is 36.2 Å². The number of thiophene rings is 1. The molecule has 0 radical (unpaired) electrons. The predicted molar refractivity (Wildman–Crippen MR) is 124 cm³/mol. The maximum Gasteiger partial charge on any atom is 0.191 e. The molecule has 0 bridgehead atoms. The minimum absolute atomic E-state index is 0. The Balaban J connectivity index is 0.00000261. The van der Waals surface area contributed by atoms with Crippen LogP contribution in [0.25, 0.3) is 0 Å². The van der Waals surface area contributed by atoms with Crippen molar-refractivity contribution in [3.8, 4) is 0 Å². The van der Waals surface area contributed by atoms with Gasteiger partial charge in [-0.2, -0.15) is 5.10 Å². The molecule has 1 aliphatic rings. The summed E-state index contributed by atoms with van der Waals surface area (Å²) in [5.41, 5.74) is 1.19. The summed E-state index contributed by atoms with van der Waals surface area (Å²) in [5.74, 6) is 0.886. The first-order valence-corrected chi connectivity index (χ1v) is 10.4. The number of halogens is 1. The Morgan fingerprint density at radius 3 is 2.78 bits per heavy atom. The van der Waals surface area contributed by atoms with Crippen molar-refractivity contribution in [2.75, 3.05) is 32.7 Å². The van der Waals surface area contributed by atoms with E-state index in [2.05, 4.69) is 58.2 Å². The van der Waals surface area contributed by atoms with Gasteiger partial charge in [0.25, 0.3) is 0 Å². The summed E-state index contributed by atoms with van der Waals surface area (Å²) >= 11 is 1.84. The van der Waals surface area contributed by atoms with E-state index < -0.39 is 0 Å². The second-order valence-electron chi connectivity index (χ2n) is 6.70. The molecule has 6 nitrogen and oxygen atoms in total. The number of aryl methyl sites for hydroxylation is 1. The number of hydrogen-bond acceptors (Lipinski definition) is 4. The smallest absolute Gasteiger partial charge is 0.191 e. The number of nitrogens with one attached hydrogen (secondary N) is 2. The number of aromatic nitrogens is 2. The van der Waals surface area contributed by atoms with Crippen LogP contribution in [0.5, 0.6) is 0 Å². The molecule has 3 rings (SSSR count). The normalized spacial score (nSPS) is 16.1. The van der Waals surface area contributed by atoms with E-state index in [1.54, 1.807) is 0 Å². The van der Waals surface area contributed by atoms with Crippen molar-refractivity contribution in [1.82, 2.24) is 25.3 Å². The van der Waals surface area contributed by atoms with Gasteiger partial charge in [0.1, 0.15) is 0 Å². The van der Waals surface area contributed by atoms with Crippen LogP contribution in [0, 0.1) is 6.92 Å². The molecule has 1 fully saturated rings. The van der Waals surface area contributed by atoms with E-state index in [-0.39, 0.29) is 24.0 Å². The third kappa shape index (κ3) is 6.76. The number of rotatable bonds is 8. The second-order valence-corrected chi connectivity index (χ2v) is 7.68. The van der Waals surface area contributed by atoms with Gasteiger partial charge in [-0.1, -0.05) is 6.07 Å². The molecular formula is C19H31IN6S. The Hall–Kier alpha value is -1.13. The van der Waals surface area contributed by atoms with Gasteiger partial charge in [-0.05, 0) is 56.8 Å². The summed E-state index contributed by atoms with van der Waals surface area (Å²) in [6.45, 7) is 9.81. The molecule has 27 heavy (non-hydrogen) atoms. The van der Waals surface area contributed by atoms with Crippen molar-refractivity contribution in [1.29, 1.82) is 0 Å². The molecule has 2 N–H and O–H groups in total. The lowest BCUT2D eigenvalue weighted by Crippen LogP contribution is -2.39. The molecule has 1 aliphatic heterocycles. The molecule has 2 aromatic rings. The standard InChI is InChI=1S/C19H30N6S.HI/c1-3-20-19(21-8-11-25-15-16(2)13-23-25)22-14-17(18-7-6-12-26-18)24-9-4-5-10-24;/h6-7,12-13,15,17H,3-5,8-11,14H2,1-2H3,(H2,20,21,22);1H. The zero-order valence-corrected chi connectivity index (χ0v) is 19.4. The van der Waals surface area contributed by atoms with E-state index in [1.165, 1.54) is 36.4 Å². The molecule has 1 atom stereocenters. The maximum absolute atomic E-state index is 4.88. The molecule has 2 aromatic heterocycles. The first-order valence-electron chi connectivity index (χ1n) is 9.55. The highest BCUT2D eigenvalue weighted by molar-refractivity contribution is 14.0. The molecule has 8 heteroatoms. The number of nitrogens with zero attached hydrogens (tertiary/aromatic N) is 4. The monoisotopic (exact) mass is 502 g/mol. The van der Waals surface area contributed by atoms with Gasteiger partial charge in [0.05, 0.1) is 25.3 Å². The third-order valence-corrected chi connectivity index (χ3v) is 5.59. The van der Waals surface area contributed by atoms with Crippen LogP contribution >= 0.6 is 35.3 Å². The van der Waals surface area contributed by atoms with E-state index in [0.717, 1.165) is 32.1 Å². The Morgan fingerprint density at radius 2 is 2.15 bits per heavy atom. The number of guanidine groups is 1. The van der Waals surface area contributed by atoms with Crippen molar-refractivity contribution in [2.45, 2.75) is 39.3 Å². The minimum Gasteiger partial charge on any atom is -0.357 e. The SMILES string of the molecule is CCNC(=NCC(c1cccs1)N1CCCC1)NCCn1cc(C)cn1.I. The lowest BCUT2D eigenvalue weighted by molar-refractivity contribution is 0.255. The summed E-state index contributed by atoms with van der Waals surface area (Å²) in [5, 5.41) is 13.3. The van der Waals surface area contributed by atoms with Crippen LogP contribution < -0.4 is 10.6 Å². The minimum atomic E-state index is 0. The first kappa shape index (κ1) is 22.2. The highest BCUT2D eigenvalue weighted by Gasteiger charge is 2.24. The fourth-order valence-electron chi connectivity index (χ4n) is 3.32. The van der Waals surface area contributed by atoms with E-state index >= 15 is 0 Å². The Bertz CT molecular complexity index is 678. The molecule has 1 saturated heterocycles.